The number of likely N-dealkylation sites (N-methyl/N-ethyl adjacent to an activating group) is 1. The smallest absolute Gasteiger partial charge is 0.243 e. The fraction of sp³-hybridized carbons (Fsp3) is 0.538. The number of nitrogens with one attached hydrogen (secondary N) is 1. The lowest BCUT2D eigenvalue weighted by atomic mass is 10.00. The van der Waals surface area contributed by atoms with Gasteiger partial charge in [0, 0.05) is 25.8 Å². The van der Waals surface area contributed by atoms with Crippen molar-refractivity contribution < 1.29 is 13.5 Å². The van der Waals surface area contributed by atoms with Gasteiger partial charge >= 0.3 is 0 Å². The van der Waals surface area contributed by atoms with Crippen LogP contribution in [0.15, 0.2) is 17.0 Å². The Hall–Kier alpha value is -1.11. The number of hydrogen-bond donors (Lipinski definition) is 2. The van der Waals surface area contributed by atoms with Gasteiger partial charge in [-0.3, -0.25) is 0 Å². The lowest BCUT2D eigenvalue weighted by Gasteiger charge is -2.25. The van der Waals surface area contributed by atoms with Crippen molar-refractivity contribution in [1.82, 2.24) is 4.31 Å². The second-order valence-corrected chi connectivity index (χ2v) is 6.83. The molecule has 1 aromatic carbocycles. The first-order chi connectivity index (χ1) is 8.98. The van der Waals surface area contributed by atoms with Crippen LogP contribution >= 0.6 is 0 Å². The molecule has 0 fully saturated rings. The molecule has 0 atom stereocenters. The number of nitrogens with zero attached hydrogens (tertiary/aromatic N) is 1. The topological polar surface area (TPSA) is 69.6 Å². The summed E-state index contributed by atoms with van der Waals surface area (Å²) >= 11 is 0. The van der Waals surface area contributed by atoms with Crippen molar-refractivity contribution in [3.05, 3.63) is 23.3 Å². The molecule has 2 rings (SSSR count). The molecule has 0 bridgehead atoms. The van der Waals surface area contributed by atoms with Crippen molar-refractivity contribution in [3.63, 3.8) is 0 Å². The van der Waals surface area contributed by atoms with Gasteiger partial charge in [0.05, 0.1) is 11.5 Å². The monoisotopic (exact) mass is 284 g/mol. The van der Waals surface area contributed by atoms with E-state index in [2.05, 4.69) is 5.32 Å². The Bertz CT molecular complexity index is 569. The molecular weight excluding hydrogens is 264 g/mol. The molecule has 1 aliphatic rings. The Labute approximate surface area is 114 Å². The van der Waals surface area contributed by atoms with Gasteiger partial charge in [-0.05, 0) is 37.0 Å². The van der Waals surface area contributed by atoms with Crippen LogP contribution in [0, 0.1) is 6.92 Å². The Kier molecular flexibility index (Phi) is 4.13. The summed E-state index contributed by atoms with van der Waals surface area (Å²) in [6.07, 6.45) is 1.70. The van der Waals surface area contributed by atoms with Gasteiger partial charge in [0.25, 0.3) is 0 Å². The largest absolute Gasteiger partial charge is 0.395 e. The molecule has 0 aliphatic carbocycles. The predicted octanol–water partition coefficient (Wildman–Crippen LogP) is 0.966. The number of sulfonamides is 1. The number of hydrogen-bond acceptors (Lipinski definition) is 4. The van der Waals surface area contributed by atoms with Crippen LogP contribution in [0.4, 0.5) is 5.69 Å². The highest BCUT2D eigenvalue weighted by Gasteiger charge is 2.26. The maximum Gasteiger partial charge on any atom is 0.243 e. The Balaban J connectivity index is 2.51. The summed E-state index contributed by atoms with van der Waals surface area (Å²) in [6, 6.07) is 3.50. The fourth-order valence-corrected chi connectivity index (χ4v) is 3.80. The van der Waals surface area contributed by atoms with Gasteiger partial charge in [-0.15, -0.1) is 0 Å². The average molecular weight is 284 g/mol. The summed E-state index contributed by atoms with van der Waals surface area (Å²) in [5.41, 5.74) is 2.89. The van der Waals surface area contributed by atoms with Gasteiger partial charge in [-0.25, -0.2) is 8.42 Å². The quantitative estimate of drug-likeness (QED) is 0.864. The van der Waals surface area contributed by atoms with E-state index >= 15 is 0 Å². The van der Waals surface area contributed by atoms with Crippen LogP contribution < -0.4 is 5.32 Å². The van der Waals surface area contributed by atoms with Crippen molar-refractivity contribution >= 4 is 15.7 Å². The minimum Gasteiger partial charge on any atom is -0.395 e. The van der Waals surface area contributed by atoms with Crippen LogP contribution in [0.3, 0.4) is 0 Å². The van der Waals surface area contributed by atoms with E-state index in [1.165, 1.54) is 11.4 Å². The maximum absolute atomic E-state index is 12.5. The summed E-state index contributed by atoms with van der Waals surface area (Å²) in [4.78, 5) is 0.358. The maximum atomic E-state index is 12.5. The molecule has 0 amide bonds. The first-order valence-electron chi connectivity index (χ1n) is 6.42. The van der Waals surface area contributed by atoms with E-state index in [0.29, 0.717) is 4.90 Å². The van der Waals surface area contributed by atoms with E-state index in [-0.39, 0.29) is 13.2 Å². The molecule has 1 aromatic rings. The summed E-state index contributed by atoms with van der Waals surface area (Å²) in [5, 5.41) is 12.2. The summed E-state index contributed by atoms with van der Waals surface area (Å²) < 4.78 is 26.2. The third-order valence-corrected chi connectivity index (χ3v) is 5.43. The fourth-order valence-electron chi connectivity index (χ4n) is 2.39. The lowest BCUT2D eigenvalue weighted by molar-refractivity contribution is 0.266. The first kappa shape index (κ1) is 14.3. The Morgan fingerprint density at radius 1 is 1.42 bits per heavy atom. The van der Waals surface area contributed by atoms with Crippen molar-refractivity contribution in [2.24, 2.45) is 0 Å². The van der Waals surface area contributed by atoms with Crippen molar-refractivity contribution in [3.8, 4) is 0 Å². The zero-order valence-corrected chi connectivity index (χ0v) is 12.1. The normalized spacial score (nSPS) is 15.2. The van der Waals surface area contributed by atoms with Gasteiger partial charge in [-0.1, -0.05) is 6.07 Å². The second kappa shape index (κ2) is 5.48. The van der Waals surface area contributed by atoms with Crippen LogP contribution in [-0.2, 0) is 16.4 Å². The van der Waals surface area contributed by atoms with E-state index in [9.17, 15) is 8.42 Å². The number of aliphatic hydroxyl groups is 1. The molecule has 1 heterocycles. The SMILES string of the molecule is Cc1ccc(S(=O)(=O)N(C)CCO)c2c1NCCC2. The van der Waals surface area contributed by atoms with Gasteiger partial charge in [0.1, 0.15) is 0 Å². The molecule has 106 valence electrons. The third-order valence-electron chi connectivity index (χ3n) is 3.49. The molecular formula is C13H20N2O3S. The highest BCUT2D eigenvalue weighted by atomic mass is 32.2. The number of rotatable bonds is 4. The summed E-state index contributed by atoms with van der Waals surface area (Å²) in [5.74, 6) is 0. The van der Waals surface area contributed by atoms with Gasteiger partial charge in [-0.2, -0.15) is 4.31 Å². The standard InChI is InChI=1S/C13H20N2O3S/c1-10-5-6-12(11-4-3-7-14-13(10)11)19(17,18)15(2)8-9-16/h5-6,14,16H,3-4,7-9H2,1-2H3. The van der Waals surface area contributed by atoms with Crippen LogP contribution in [0.2, 0.25) is 0 Å². The first-order valence-corrected chi connectivity index (χ1v) is 7.86. The molecule has 0 saturated carbocycles. The zero-order chi connectivity index (χ0) is 14.0. The molecule has 19 heavy (non-hydrogen) atoms. The average Bonchev–Trinajstić information content (AvgIpc) is 2.39. The van der Waals surface area contributed by atoms with Crippen molar-refractivity contribution in [2.75, 3.05) is 32.1 Å². The van der Waals surface area contributed by atoms with E-state index in [1.54, 1.807) is 6.07 Å². The highest BCUT2D eigenvalue weighted by Crippen LogP contribution is 2.32. The number of aliphatic hydroxyl groups excluding tert-OH is 1. The van der Waals surface area contributed by atoms with E-state index in [0.717, 1.165) is 36.2 Å². The third kappa shape index (κ3) is 2.61. The molecule has 2 N–H and O–H groups in total. The Morgan fingerprint density at radius 3 is 2.84 bits per heavy atom. The van der Waals surface area contributed by atoms with Gasteiger partial charge in [0.15, 0.2) is 0 Å². The van der Waals surface area contributed by atoms with Gasteiger partial charge < -0.3 is 10.4 Å². The predicted molar refractivity (Wildman–Crippen MR) is 74.9 cm³/mol. The molecule has 0 spiro atoms. The van der Waals surface area contributed by atoms with Crippen molar-refractivity contribution in [1.29, 1.82) is 0 Å². The number of benzene rings is 1. The number of fused-ring (bicyclic) bond motifs is 1. The second-order valence-electron chi connectivity index (χ2n) is 4.81. The zero-order valence-electron chi connectivity index (χ0n) is 11.3. The molecule has 5 nitrogen and oxygen atoms in total. The summed E-state index contributed by atoms with van der Waals surface area (Å²) in [7, 11) is -2.03. The highest BCUT2D eigenvalue weighted by molar-refractivity contribution is 7.89. The minimum atomic E-state index is -3.53. The number of aryl methyl sites for hydroxylation is 1. The van der Waals surface area contributed by atoms with E-state index in [1.807, 2.05) is 13.0 Å². The molecule has 0 aromatic heterocycles. The van der Waals surface area contributed by atoms with E-state index in [4.69, 9.17) is 5.11 Å². The molecule has 6 heteroatoms. The number of anilines is 1. The van der Waals surface area contributed by atoms with Crippen molar-refractivity contribution in [2.45, 2.75) is 24.7 Å². The molecule has 0 unspecified atom stereocenters. The van der Waals surface area contributed by atoms with Crippen LogP contribution in [0.5, 0.6) is 0 Å². The van der Waals surface area contributed by atoms with E-state index < -0.39 is 10.0 Å². The molecule has 0 saturated heterocycles. The van der Waals surface area contributed by atoms with Crippen LogP contribution in [-0.4, -0.2) is 44.6 Å². The van der Waals surface area contributed by atoms with Crippen LogP contribution in [0.25, 0.3) is 0 Å². The van der Waals surface area contributed by atoms with Crippen LogP contribution in [0.1, 0.15) is 17.5 Å². The lowest BCUT2D eigenvalue weighted by Crippen LogP contribution is -2.31. The molecule has 1 aliphatic heterocycles. The molecule has 0 radical (unpaired) electrons. The summed E-state index contributed by atoms with van der Waals surface area (Å²) in [6.45, 7) is 2.79. The minimum absolute atomic E-state index is 0.110. The Morgan fingerprint density at radius 2 is 2.16 bits per heavy atom. The van der Waals surface area contributed by atoms with Gasteiger partial charge in [0.2, 0.25) is 10.0 Å².